The van der Waals surface area contributed by atoms with Crippen molar-refractivity contribution in [2.24, 2.45) is 10.3 Å². The number of primary sulfonamides is 2. The van der Waals surface area contributed by atoms with Crippen LogP contribution >= 0.6 is 0 Å². The highest BCUT2D eigenvalue weighted by Gasteiger charge is 2.28. The third kappa shape index (κ3) is 5.37. The van der Waals surface area contributed by atoms with Gasteiger partial charge in [-0.15, -0.1) is 0 Å². The maximum absolute atomic E-state index is 11.3. The molecular weight excluding hydrogens is 360 g/mol. The molecule has 0 bridgehead atoms. The van der Waals surface area contributed by atoms with E-state index < -0.39 is 25.3 Å². The molecule has 0 radical (unpaired) electrons. The first kappa shape index (κ1) is 19.6. The molecular formula is C17H22N2O4S2. The van der Waals surface area contributed by atoms with Gasteiger partial charge in [0.2, 0.25) is 20.0 Å². The van der Waals surface area contributed by atoms with E-state index in [2.05, 4.69) is 0 Å². The Bertz CT molecular complexity index is 937. The molecule has 0 amide bonds. The Kier molecular flexibility index (Phi) is 5.99. The molecule has 1 atom stereocenters. The Morgan fingerprint density at radius 3 is 2.08 bits per heavy atom. The number of fused-ring (bicyclic) bond motifs is 1. The number of sulfonamides is 2. The molecule has 2 aromatic rings. The van der Waals surface area contributed by atoms with Gasteiger partial charge in [-0.2, -0.15) is 0 Å². The monoisotopic (exact) mass is 382 g/mol. The zero-order chi connectivity index (χ0) is 18.7. The molecule has 8 heteroatoms. The van der Waals surface area contributed by atoms with Crippen LogP contribution in [0, 0.1) is 6.92 Å². The first-order chi connectivity index (χ1) is 11.6. The third-order valence-electron chi connectivity index (χ3n) is 4.06. The van der Waals surface area contributed by atoms with E-state index in [-0.39, 0.29) is 4.90 Å². The van der Waals surface area contributed by atoms with Crippen LogP contribution in [0.3, 0.4) is 0 Å². The predicted octanol–water partition coefficient (Wildman–Crippen LogP) is 1.99. The van der Waals surface area contributed by atoms with E-state index in [1.807, 2.05) is 31.2 Å². The molecule has 25 heavy (non-hydrogen) atoms. The Morgan fingerprint density at radius 2 is 1.52 bits per heavy atom. The molecule has 0 aromatic heterocycles. The predicted molar refractivity (Wildman–Crippen MR) is 97.8 cm³/mol. The number of benzene rings is 2. The van der Waals surface area contributed by atoms with Crippen LogP contribution in [0.25, 0.3) is 0 Å². The van der Waals surface area contributed by atoms with Gasteiger partial charge >= 0.3 is 0 Å². The minimum atomic E-state index is -3.52. The summed E-state index contributed by atoms with van der Waals surface area (Å²) in [5.41, 5.74) is 3.02. The van der Waals surface area contributed by atoms with Gasteiger partial charge < -0.3 is 0 Å². The van der Waals surface area contributed by atoms with E-state index in [9.17, 15) is 16.8 Å². The highest BCUT2D eigenvalue weighted by molar-refractivity contribution is 7.89. The summed E-state index contributed by atoms with van der Waals surface area (Å²) in [7, 11) is -6.96. The van der Waals surface area contributed by atoms with Crippen LogP contribution in [0.1, 0.15) is 34.8 Å². The van der Waals surface area contributed by atoms with Gasteiger partial charge in [-0.25, -0.2) is 27.1 Å². The van der Waals surface area contributed by atoms with Gasteiger partial charge in [0.25, 0.3) is 0 Å². The summed E-state index contributed by atoms with van der Waals surface area (Å²) >= 11 is 0. The Hall–Kier alpha value is -1.74. The molecule has 1 aliphatic rings. The summed E-state index contributed by atoms with van der Waals surface area (Å²) in [5.74, 6) is 0. The van der Waals surface area contributed by atoms with Gasteiger partial charge in [-0.1, -0.05) is 42.0 Å². The number of hydrogen-bond acceptors (Lipinski definition) is 4. The molecule has 0 saturated carbocycles. The first-order valence-electron chi connectivity index (χ1n) is 7.78. The smallest absolute Gasteiger partial charge is 0.228 e. The van der Waals surface area contributed by atoms with Gasteiger partial charge in [0.1, 0.15) is 5.25 Å². The van der Waals surface area contributed by atoms with Crippen molar-refractivity contribution in [1.82, 2.24) is 0 Å². The average molecular weight is 383 g/mol. The van der Waals surface area contributed by atoms with E-state index in [0.717, 1.165) is 29.5 Å². The fraction of sp³-hybridized carbons (Fsp3) is 0.294. The van der Waals surface area contributed by atoms with E-state index in [0.29, 0.717) is 6.42 Å². The molecule has 0 spiro atoms. The van der Waals surface area contributed by atoms with Crippen LogP contribution in [0.5, 0.6) is 0 Å². The minimum Gasteiger partial charge on any atom is -0.228 e. The summed E-state index contributed by atoms with van der Waals surface area (Å²) in [5, 5.41) is 9.58. The van der Waals surface area contributed by atoms with Crippen molar-refractivity contribution in [1.29, 1.82) is 0 Å². The second-order valence-corrected chi connectivity index (χ2v) is 9.34. The van der Waals surface area contributed by atoms with Gasteiger partial charge in [0.05, 0.1) is 4.90 Å². The van der Waals surface area contributed by atoms with Crippen LogP contribution in [0.4, 0.5) is 0 Å². The molecule has 1 unspecified atom stereocenters. The normalized spacial score (nSPS) is 17.2. The Morgan fingerprint density at radius 1 is 0.920 bits per heavy atom. The quantitative estimate of drug-likeness (QED) is 0.825. The lowest BCUT2D eigenvalue weighted by molar-refractivity contribution is 0.562. The lowest BCUT2D eigenvalue weighted by Crippen LogP contribution is -2.25. The zero-order valence-corrected chi connectivity index (χ0v) is 15.6. The number of rotatable bonds is 2. The van der Waals surface area contributed by atoms with Gasteiger partial charge in [0, 0.05) is 0 Å². The molecule has 6 nitrogen and oxygen atoms in total. The van der Waals surface area contributed by atoms with Crippen molar-refractivity contribution in [2.45, 2.75) is 36.3 Å². The van der Waals surface area contributed by atoms with Gasteiger partial charge in [-0.3, -0.25) is 0 Å². The molecule has 0 heterocycles. The number of nitrogens with two attached hydrogens (primary N) is 2. The van der Waals surface area contributed by atoms with Crippen molar-refractivity contribution in [2.75, 3.05) is 0 Å². The van der Waals surface area contributed by atoms with Crippen LogP contribution in [0.2, 0.25) is 0 Å². The zero-order valence-electron chi connectivity index (χ0n) is 13.9. The van der Waals surface area contributed by atoms with Crippen LogP contribution in [-0.2, 0) is 26.5 Å². The van der Waals surface area contributed by atoms with E-state index in [4.69, 9.17) is 10.3 Å². The molecule has 1 aliphatic carbocycles. The third-order valence-corrected chi connectivity index (χ3v) is 6.27. The van der Waals surface area contributed by atoms with Crippen LogP contribution in [-0.4, -0.2) is 16.8 Å². The van der Waals surface area contributed by atoms with Crippen molar-refractivity contribution in [3.05, 3.63) is 65.2 Å². The molecule has 4 N–H and O–H groups in total. The molecule has 136 valence electrons. The lowest BCUT2D eigenvalue weighted by atomic mass is 9.91. The SMILES string of the molecule is Cc1ccc(S(N)(=O)=O)cc1.NS(=O)(=O)C1CCCc2ccccc21. The fourth-order valence-electron chi connectivity index (χ4n) is 2.78. The van der Waals surface area contributed by atoms with Crippen LogP contribution in [0.15, 0.2) is 53.4 Å². The highest BCUT2D eigenvalue weighted by Crippen LogP contribution is 2.33. The van der Waals surface area contributed by atoms with E-state index in [1.54, 1.807) is 12.1 Å². The standard InChI is InChI=1S/C10H13NO2S.C7H9NO2S/c11-14(12,13)10-7-3-5-8-4-1-2-6-9(8)10;1-6-2-4-7(5-3-6)11(8,9)10/h1-2,4,6,10H,3,5,7H2,(H2,11,12,13);2-5H,1H3,(H2,8,9,10). The number of hydrogen-bond donors (Lipinski definition) is 2. The largest absolute Gasteiger partial charge is 0.238 e. The topological polar surface area (TPSA) is 120 Å². The fourth-order valence-corrected chi connectivity index (χ4v) is 4.37. The summed E-state index contributed by atoms with van der Waals surface area (Å²) in [6.07, 6.45) is 2.51. The molecule has 2 aromatic carbocycles. The van der Waals surface area contributed by atoms with Gasteiger partial charge in [0.15, 0.2) is 0 Å². The maximum Gasteiger partial charge on any atom is 0.238 e. The number of aryl methyl sites for hydroxylation is 2. The van der Waals surface area contributed by atoms with Crippen LogP contribution < -0.4 is 10.3 Å². The first-order valence-corrected chi connectivity index (χ1v) is 10.9. The van der Waals surface area contributed by atoms with E-state index in [1.165, 1.54) is 12.1 Å². The Labute approximate surface area is 149 Å². The lowest BCUT2D eigenvalue weighted by Gasteiger charge is -2.23. The molecule has 0 aliphatic heterocycles. The second-order valence-electron chi connectivity index (χ2n) is 6.03. The Balaban J connectivity index is 0.000000186. The summed E-state index contributed by atoms with van der Waals surface area (Å²) < 4.78 is 44.1. The van der Waals surface area contributed by atoms with Crippen molar-refractivity contribution >= 4 is 20.0 Å². The van der Waals surface area contributed by atoms with Crippen molar-refractivity contribution in [3.63, 3.8) is 0 Å². The summed E-state index contributed by atoms with van der Waals surface area (Å²) in [4.78, 5) is 0.156. The summed E-state index contributed by atoms with van der Waals surface area (Å²) in [6.45, 7) is 1.88. The summed E-state index contributed by atoms with van der Waals surface area (Å²) in [6, 6.07) is 14.0. The van der Waals surface area contributed by atoms with Gasteiger partial charge in [-0.05, 0) is 49.4 Å². The van der Waals surface area contributed by atoms with Crippen molar-refractivity contribution < 1.29 is 16.8 Å². The van der Waals surface area contributed by atoms with E-state index >= 15 is 0 Å². The maximum atomic E-state index is 11.3. The molecule has 3 rings (SSSR count). The minimum absolute atomic E-state index is 0.156. The molecule has 0 fully saturated rings. The highest BCUT2D eigenvalue weighted by atomic mass is 32.2. The second kappa shape index (κ2) is 7.65. The van der Waals surface area contributed by atoms with Crippen molar-refractivity contribution in [3.8, 4) is 0 Å². The molecule has 0 saturated heterocycles. The average Bonchev–Trinajstić information content (AvgIpc) is 2.53.